The number of aromatic nitrogens is 3. The standard InChI is InChI=1S/C11H14N4O2S/c1-2-17-11(16)7-5-13-10(12)8-9(7)15(3-4-18)6-14-8/h5-6,18H,2-4H2,1H3,(H2,12,13). The third-order valence-electron chi connectivity index (χ3n) is 2.50. The van der Waals surface area contributed by atoms with E-state index in [4.69, 9.17) is 10.5 Å². The average molecular weight is 266 g/mol. The molecular formula is C11H14N4O2S. The zero-order chi connectivity index (χ0) is 13.1. The Bertz CT molecular complexity index is 582. The summed E-state index contributed by atoms with van der Waals surface area (Å²) in [4.78, 5) is 20.0. The van der Waals surface area contributed by atoms with E-state index in [1.165, 1.54) is 6.20 Å². The molecule has 0 fully saturated rings. The number of aryl methyl sites for hydroxylation is 1. The van der Waals surface area contributed by atoms with Gasteiger partial charge in [-0.15, -0.1) is 0 Å². The van der Waals surface area contributed by atoms with E-state index in [9.17, 15) is 4.79 Å². The van der Waals surface area contributed by atoms with Crippen molar-refractivity contribution in [3.8, 4) is 0 Å². The number of fused-ring (bicyclic) bond motifs is 1. The van der Waals surface area contributed by atoms with E-state index in [0.717, 1.165) is 0 Å². The van der Waals surface area contributed by atoms with Gasteiger partial charge in [0.1, 0.15) is 11.1 Å². The first-order chi connectivity index (χ1) is 8.69. The van der Waals surface area contributed by atoms with E-state index < -0.39 is 5.97 Å². The fourth-order valence-electron chi connectivity index (χ4n) is 1.74. The van der Waals surface area contributed by atoms with Gasteiger partial charge in [0.2, 0.25) is 0 Å². The molecule has 0 saturated carbocycles. The molecule has 96 valence electrons. The van der Waals surface area contributed by atoms with Crippen LogP contribution in [0, 0.1) is 0 Å². The summed E-state index contributed by atoms with van der Waals surface area (Å²) in [6.45, 7) is 2.70. The normalized spacial score (nSPS) is 10.8. The highest BCUT2D eigenvalue weighted by molar-refractivity contribution is 7.80. The van der Waals surface area contributed by atoms with Crippen molar-refractivity contribution in [2.24, 2.45) is 0 Å². The highest BCUT2D eigenvalue weighted by Crippen LogP contribution is 2.22. The summed E-state index contributed by atoms with van der Waals surface area (Å²) in [7, 11) is 0. The van der Waals surface area contributed by atoms with Gasteiger partial charge in [0.25, 0.3) is 0 Å². The Kier molecular flexibility index (Phi) is 3.71. The largest absolute Gasteiger partial charge is 0.462 e. The molecule has 0 aliphatic heterocycles. The molecule has 0 atom stereocenters. The van der Waals surface area contributed by atoms with Crippen LogP contribution < -0.4 is 5.73 Å². The van der Waals surface area contributed by atoms with Gasteiger partial charge in [-0.1, -0.05) is 0 Å². The van der Waals surface area contributed by atoms with Gasteiger partial charge in [0.15, 0.2) is 5.82 Å². The molecule has 0 amide bonds. The average Bonchev–Trinajstić information content (AvgIpc) is 2.76. The highest BCUT2D eigenvalue weighted by Gasteiger charge is 2.18. The van der Waals surface area contributed by atoms with Crippen molar-refractivity contribution in [3.63, 3.8) is 0 Å². The van der Waals surface area contributed by atoms with Crippen molar-refractivity contribution in [2.75, 3.05) is 18.1 Å². The first-order valence-corrected chi connectivity index (χ1v) is 6.19. The van der Waals surface area contributed by atoms with Crippen molar-refractivity contribution >= 4 is 35.4 Å². The minimum Gasteiger partial charge on any atom is -0.462 e. The van der Waals surface area contributed by atoms with Crippen molar-refractivity contribution in [1.29, 1.82) is 0 Å². The first-order valence-electron chi connectivity index (χ1n) is 5.56. The number of anilines is 1. The van der Waals surface area contributed by atoms with E-state index in [0.29, 0.717) is 41.3 Å². The number of imidazole rings is 1. The summed E-state index contributed by atoms with van der Waals surface area (Å²) in [6.07, 6.45) is 3.05. The molecular weight excluding hydrogens is 252 g/mol. The van der Waals surface area contributed by atoms with Gasteiger partial charge in [-0.25, -0.2) is 14.8 Å². The molecule has 2 rings (SSSR count). The lowest BCUT2D eigenvalue weighted by atomic mass is 10.2. The van der Waals surface area contributed by atoms with Gasteiger partial charge in [0, 0.05) is 18.5 Å². The van der Waals surface area contributed by atoms with Gasteiger partial charge in [-0.2, -0.15) is 12.6 Å². The summed E-state index contributed by atoms with van der Waals surface area (Å²) < 4.78 is 6.82. The molecule has 2 aromatic rings. The van der Waals surface area contributed by atoms with Gasteiger partial charge >= 0.3 is 5.97 Å². The molecule has 7 heteroatoms. The number of rotatable bonds is 4. The van der Waals surface area contributed by atoms with E-state index >= 15 is 0 Å². The predicted octanol–water partition coefficient (Wildman–Crippen LogP) is 1.12. The second-order valence-corrected chi connectivity index (χ2v) is 4.08. The van der Waals surface area contributed by atoms with Crippen LogP contribution in [0.1, 0.15) is 17.3 Å². The van der Waals surface area contributed by atoms with E-state index in [1.807, 2.05) is 4.57 Å². The number of nitrogen functional groups attached to an aromatic ring is 1. The lowest BCUT2D eigenvalue weighted by Gasteiger charge is -2.07. The summed E-state index contributed by atoms with van der Waals surface area (Å²) in [5, 5.41) is 0. The molecule has 0 aliphatic carbocycles. The molecule has 0 unspecified atom stereocenters. The number of nitrogens with two attached hydrogens (primary N) is 1. The number of nitrogens with zero attached hydrogens (tertiary/aromatic N) is 3. The number of esters is 1. The predicted molar refractivity (Wildman–Crippen MR) is 71.7 cm³/mol. The summed E-state index contributed by atoms with van der Waals surface area (Å²) in [5.74, 6) is 0.516. The SMILES string of the molecule is CCOC(=O)c1cnc(N)c2ncn(CCS)c12. The van der Waals surface area contributed by atoms with Crippen molar-refractivity contribution in [2.45, 2.75) is 13.5 Å². The van der Waals surface area contributed by atoms with Crippen LogP contribution in [-0.4, -0.2) is 32.9 Å². The maximum atomic E-state index is 11.9. The van der Waals surface area contributed by atoms with E-state index in [1.54, 1.807) is 13.3 Å². The maximum absolute atomic E-state index is 11.9. The molecule has 0 spiro atoms. The fraction of sp³-hybridized carbons (Fsp3) is 0.364. The lowest BCUT2D eigenvalue weighted by molar-refractivity contribution is 0.0528. The number of carbonyl (C=O) groups is 1. The number of thiol groups is 1. The fourth-order valence-corrected chi connectivity index (χ4v) is 1.96. The number of pyridine rings is 1. The minimum absolute atomic E-state index is 0.302. The highest BCUT2D eigenvalue weighted by atomic mass is 32.1. The summed E-state index contributed by atoms with van der Waals surface area (Å²) in [5.41, 5.74) is 7.29. The van der Waals surface area contributed by atoms with Gasteiger partial charge in [0.05, 0.1) is 18.5 Å². The lowest BCUT2D eigenvalue weighted by Crippen LogP contribution is -2.10. The summed E-state index contributed by atoms with van der Waals surface area (Å²) in [6, 6.07) is 0. The molecule has 18 heavy (non-hydrogen) atoms. The Hall–Kier alpha value is -1.76. The quantitative estimate of drug-likeness (QED) is 0.640. The van der Waals surface area contributed by atoms with Crippen molar-refractivity contribution in [1.82, 2.24) is 14.5 Å². The minimum atomic E-state index is -0.420. The van der Waals surface area contributed by atoms with Gasteiger partial charge in [-0.05, 0) is 6.92 Å². The van der Waals surface area contributed by atoms with Gasteiger partial charge < -0.3 is 15.0 Å². The third kappa shape index (κ3) is 2.13. The molecule has 6 nitrogen and oxygen atoms in total. The number of carbonyl (C=O) groups excluding carboxylic acids is 1. The Morgan fingerprint density at radius 3 is 3.00 bits per heavy atom. The van der Waals surface area contributed by atoms with Crippen LogP contribution in [0.5, 0.6) is 0 Å². The number of hydrogen-bond acceptors (Lipinski definition) is 6. The van der Waals surface area contributed by atoms with E-state index in [-0.39, 0.29) is 0 Å². The monoisotopic (exact) mass is 266 g/mol. The molecule has 2 N–H and O–H groups in total. The van der Waals surface area contributed by atoms with E-state index in [2.05, 4.69) is 22.6 Å². The van der Waals surface area contributed by atoms with Crippen LogP contribution in [0.25, 0.3) is 11.0 Å². The zero-order valence-corrected chi connectivity index (χ0v) is 10.9. The smallest absolute Gasteiger partial charge is 0.341 e. The second-order valence-electron chi connectivity index (χ2n) is 3.64. The topological polar surface area (TPSA) is 83.0 Å². The third-order valence-corrected chi connectivity index (χ3v) is 2.70. The Morgan fingerprint density at radius 1 is 1.56 bits per heavy atom. The second kappa shape index (κ2) is 5.26. The molecule has 0 aromatic carbocycles. The molecule has 0 aliphatic rings. The first kappa shape index (κ1) is 12.7. The molecule has 0 saturated heterocycles. The molecule has 0 bridgehead atoms. The van der Waals surface area contributed by atoms with Crippen LogP contribution in [0.4, 0.5) is 5.82 Å². The Labute approximate surface area is 110 Å². The van der Waals surface area contributed by atoms with Crippen LogP contribution >= 0.6 is 12.6 Å². The maximum Gasteiger partial charge on any atom is 0.341 e. The zero-order valence-electron chi connectivity index (χ0n) is 9.96. The van der Waals surface area contributed by atoms with Crippen LogP contribution in [-0.2, 0) is 11.3 Å². The van der Waals surface area contributed by atoms with Crippen molar-refractivity contribution < 1.29 is 9.53 Å². The van der Waals surface area contributed by atoms with Crippen molar-refractivity contribution in [3.05, 3.63) is 18.1 Å². The molecule has 0 radical (unpaired) electrons. The number of hydrogen-bond donors (Lipinski definition) is 2. The Balaban J connectivity index is 2.61. The van der Waals surface area contributed by atoms with Crippen LogP contribution in [0.15, 0.2) is 12.5 Å². The molecule has 2 aromatic heterocycles. The van der Waals surface area contributed by atoms with Crippen LogP contribution in [0.2, 0.25) is 0 Å². The van der Waals surface area contributed by atoms with Crippen LogP contribution in [0.3, 0.4) is 0 Å². The molecule has 2 heterocycles. The Morgan fingerprint density at radius 2 is 2.33 bits per heavy atom. The summed E-state index contributed by atoms with van der Waals surface area (Å²) >= 11 is 4.17. The number of ether oxygens (including phenoxy) is 1. The van der Waals surface area contributed by atoms with Gasteiger partial charge in [-0.3, -0.25) is 0 Å².